The van der Waals surface area contributed by atoms with Gasteiger partial charge in [-0.25, -0.2) is 12.7 Å². The van der Waals surface area contributed by atoms with E-state index in [0.717, 1.165) is 35.7 Å². The van der Waals surface area contributed by atoms with E-state index in [9.17, 15) is 13.2 Å². The highest BCUT2D eigenvalue weighted by molar-refractivity contribution is 7.89. The molecule has 1 aliphatic rings. The van der Waals surface area contributed by atoms with Crippen molar-refractivity contribution in [3.05, 3.63) is 48.0 Å². The Labute approximate surface area is 185 Å². The van der Waals surface area contributed by atoms with E-state index in [1.807, 2.05) is 12.1 Å². The van der Waals surface area contributed by atoms with Gasteiger partial charge in [0.15, 0.2) is 0 Å². The van der Waals surface area contributed by atoms with Crippen LogP contribution in [0.2, 0.25) is 0 Å². The van der Waals surface area contributed by atoms with E-state index in [1.54, 1.807) is 6.07 Å². The van der Waals surface area contributed by atoms with Crippen molar-refractivity contribution in [1.29, 1.82) is 0 Å². The molecular formula is C23H31N3O4S. The van der Waals surface area contributed by atoms with Crippen LogP contribution in [0.4, 0.5) is 11.4 Å². The lowest BCUT2D eigenvalue weighted by atomic mass is 9.93. The van der Waals surface area contributed by atoms with Gasteiger partial charge in [-0.2, -0.15) is 0 Å². The van der Waals surface area contributed by atoms with Gasteiger partial charge in [-0.1, -0.05) is 31.5 Å². The summed E-state index contributed by atoms with van der Waals surface area (Å²) in [7, 11) is 0.805. The number of methoxy groups -OCH3 is 1. The highest BCUT2D eigenvalue weighted by Gasteiger charge is 2.27. The molecule has 0 fully saturated rings. The van der Waals surface area contributed by atoms with Crippen molar-refractivity contribution >= 4 is 27.3 Å². The summed E-state index contributed by atoms with van der Waals surface area (Å²) in [6.07, 6.45) is 4.08. The van der Waals surface area contributed by atoms with Gasteiger partial charge in [0.2, 0.25) is 15.9 Å². The third-order valence-corrected chi connectivity index (χ3v) is 7.46. The predicted molar refractivity (Wildman–Crippen MR) is 123 cm³/mol. The lowest BCUT2D eigenvalue weighted by Crippen LogP contribution is -2.44. The van der Waals surface area contributed by atoms with Crippen LogP contribution in [0.5, 0.6) is 5.75 Å². The Kier molecular flexibility index (Phi) is 7.23. The van der Waals surface area contributed by atoms with Gasteiger partial charge in [0.1, 0.15) is 5.75 Å². The summed E-state index contributed by atoms with van der Waals surface area (Å²) in [6.45, 7) is 2.34. The van der Waals surface area contributed by atoms with Crippen LogP contribution in [-0.2, 0) is 21.2 Å². The minimum absolute atomic E-state index is 0.0979. The maximum atomic E-state index is 13.0. The van der Waals surface area contributed by atoms with Crippen molar-refractivity contribution in [3.63, 3.8) is 0 Å². The summed E-state index contributed by atoms with van der Waals surface area (Å²) >= 11 is 0. The van der Waals surface area contributed by atoms with E-state index in [1.165, 1.54) is 38.9 Å². The van der Waals surface area contributed by atoms with Crippen molar-refractivity contribution in [1.82, 2.24) is 4.31 Å². The highest BCUT2D eigenvalue weighted by Crippen LogP contribution is 2.33. The molecule has 8 heteroatoms. The van der Waals surface area contributed by atoms with Gasteiger partial charge in [0.05, 0.1) is 24.2 Å². The van der Waals surface area contributed by atoms with Crippen molar-refractivity contribution in [2.24, 2.45) is 0 Å². The Morgan fingerprint density at radius 2 is 1.97 bits per heavy atom. The standard InChI is InChI=1S/C23H31N3O4S/c1-5-8-18-12-11-17-9-6-7-10-21(17)26(18)16-23(27)24-20-15-19(13-14-22(20)30-4)31(28,29)25(2)3/h6-7,9-10,13-15,18H,5,8,11-12,16H2,1-4H3,(H,24,27). The molecule has 0 aromatic heterocycles. The summed E-state index contributed by atoms with van der Waals surface area (Å²) in [5.41, 5.74) is 2.69. The number of rotatable bonds is 8. The number of carbonyl (C=O) groups excluding carboxylic acids is 1. The zero-order chi connectivity index (χ0) is 22.6. The molecule has 1 N–H and O–H groups in total. The Balaban J connectivity index is 1.86. The van der Waals surface area contributed by atoms with Crippen LogP contribution < -0.4 is 15.0 Å². The summed E-state index contributed by atoms with van der Waals surface area (Å²) in [5, 5.41) is 2.87. The van der Waals surface area contributed by atoms with Gasteiger partial charge >= 0.3 is 0 Å². The predicted octanol–water partition coefficient (Wildman–Crippen LogP) is 3.51. The fraction of sp³-hybridized carbons (Fsp3) is 0.435. The topological polar surface area (TPSA) is 79.0 Å². The molecule has 31 heavy (non-hydrogen) atoms. The number of benzene rings is 2. The Morgan fingerprint density at radius 3 is 2.65 bits per heavy atom. The first-order chi connectivity index (χ1) is 14.8. The lowest BCUT2D eigenvalue weighted by molar-refractivity contribution is -0.115. The van der Waals surface area contributed by atoms with Crippen LogP contribution in [-0.4, -0.2) is 52.4 Å². The molecule has 3 rings (SSSR count). The summed E-state index contributed by atoms with van der Waals surface area (Å²) in [4.78, 5) is 15.3. The third kappa shape index (κ3) is 5.02. The van der Waals surface area contributed by atoms with Crippen LogP contribution in [0.1, 0.15) is 31.7 Å². The fourth-order valence-electron chi connectivity index (χ4n) is 4.03. The monoisotopic (exact) mass is 445 g/mol. The number of sulfonamides is 1. The van der Waals surface area contributed by atoms with E-state index >= 15 is 0 Å². The number of para-hydroxylation sites is 1. The second kappa shape index (κ2) is 9.70. The molecule has 1 atom stereocenters. The number of hydrogen-bond acceptors (Lipinski definition) is 5. The minimum Gasteiger partial charge on any atom is -0.495 e. The SMILES string of the molecule is CCCC1CCc2ccccc2N1CC(=O)Nc1cc(S(=O)(=O)N(C)C)ccc1OC. The molecule has 7 nitrogen and oxygen atoms in total. The fourth-order valence-corrected chi connectivity index (χ4v) is 4.95. The molecule has 0 spiro atoms. The van der Waals surface area contributed by atoms with Crippen molar-refractivity contribution < 1.29 is 17.9 Å². The van der Waals surface area contributed by atoms with Gasteiger partial charge in [0.25, 0.3) is 0 Å². The van der Waals surface area contributed by atoms with Crippen LogP contribution >= 0.6 is 0 Å². The molecule has 0 aliphatic carbocycles. The summed E-state index contributed by atoms with van der Waals surface area (Å²) in [6, 6.07) is 13.0. The lowest BCUT2D eigenvalue weighted by Gasteiger charge is -2.38. The molecule has 0 saturated heterocycles. The Morgan fingerprint density at radius 1 is 1.23 bits per heavy atom. The number of carbonyl (C=O) groups is 1. The van der Waals surface area contributed by atoms with Crippen LogP contribution in [0.25, 0.3) is 0 Å². The maximum absolute atomic E-state index is 13.0. The van der Waals surface area contributed by atoms with E-state index < -0.39 is 10.0 Å². The molecule has 0 saturated carbocycles. The normalized spacial score (nSPS) is 16.2. The minimum atomic E-state index is -3.63. The van der Waals surface area contributed by atoms with Gasteiger partial charge < -0.3 is 15.0 Å². The first-order valence-electron chi connectivity index (χ1n) is 10.5. The van der Waals surface area contributed by atoms with E-state index in [2.05, 4.69) is 29.3 Å². The molecule has 0 bridgehead atoms. The second-order valence-corrected chi connectivity index (χ2v) is 10.1. The molecule has 2 aromatic carbocycles. The van der Waals surface area contributed by atoms with Crippen molar-refractivity contribution in [2.45, 2.75) is 43.5 Å². The third-order valence-electron chi connectivity index (χ3n) is 5.65. The largest absolute Gasteiger partial charge is 0.495 e. The smallest absolute Gasteiger partial charge is 0.244 e. The van der Waals surface area contributed by atoms with Gasteiger partial charge in [0, 0.05) is 25.8 Å². The van der Waals surface area contributed by atoms with Crippen molar-refractivity contribution in [2.75, 3.05) is 38.0 Å². The zero-order valence-corrected chi connectivity index (χ0v) is 19.4. The molecular weight excluding hydrogens is 414 g/mol. The summed E-state index contributed by atoms with van der Waals surface area (Å²) < 4.78 is 31.5. The van der Waals surface area contributed by atoms with Crippen molar-refractivity contribution in [3.8, 4) is 5.75 Å². The number of aryl methyl sites for hydroxylation is 1. The molecule has 1 aliphatic heterocycles. The Hall–Kier alpha value is -2.58. The number of anilines is 2. The first-order valence-corrected chi connectivity index (χ1v) is 12.0. The molecule has 168 valence electrons. The number of hydrogen-bond donors (Lipinski definition) is 1. The molecule has 1 unspecified atom stereocenters. The average Bonchev–Trinajstić information content (AvgIpc) is 2.75. The molecule has 1 amide bonds. The maximum Gasteiger partial charge on any atom is 0.244 e. The van der Waals surface area contributed by atoms with Gasteiger partial charge in [-0.3, -0.25) is 4.79 Å². The number of nitrogens with one attached hydrogen (secondary N) is 1. The van der Waals surface area contributed by atoms with Crippen LogP contribution in [0.3, 0.4) is 0 Å². The van der Waals surface area contributed by atoms with Gasteiger partial charge in [-0.05, 0) is 49.1 Å². The second-order valence-electron chi connectivity index (χ2n) is 7.94. The molecule has 1 heterocycles. The first kappa shape index (κ1) is 23.1. The Bertz CT molecular complexity index is 1040. The van der Waals surface area contributed by atoms with E-state index in [-0.39, 0.29) is 17.3 Å². The number of ether oxygens (including phenoxy) is 1. The van der Waals surface area contributed by atoms with Gasteiger partial charge in [-0.15, -0.1) is 0 Å². The number of nitrogens with zero attached hydrogens (tertiary/aromatic N) is 2. The van der Waals surface area contributed by atoms with Crippen LogP contribution in [0.15, 0.2) is 47.4 Å². The number of fused-ring (bicyclic) bond motifs is 1. The average molecular weight is 446 g/mol. The molecule has 0 radical (unpaired) electrons. The van der Waals surface area contributed by atoms with Crippen LogP contribution in [0, 0.1) is 0 Å². The number of amides is 1. The van der Waals surface area contributed by atoms with E-state index in [0.29, 0.717) is 17.5 Å². The highest BCUT2D eigenvalue weighted by atomic mass is 32.2. The molecule has 2 aromatic rings. The summed E-state index contributed by atoms with van der Waals surface area (Å²) in [5.74, 6) is 0.200. The van der Waals surface area contributed by atoms with E-state index in [4.69, 9.17) is 4.74 Å². The zero-order valence-electron chi connectivity index (χ0n) is 18.6. The quantitative estimate of drug-likeness (QED) is 0.673.